The number of allylic oxidation sites excluding steroid dienone is 2. The molecule has 0 aromatic heterocycles. The number of halogens is 1. The van der Waals surface area contributed by atoms with Gasteiger partial charge >= 0.3 is 0 Å². The van der Waals surface area contributed by atoms with Crippen LogP contribution >= 0.6 is 35.1 Å². The lowest BCUT2D eigenvalue weighted by atomic mass is 9.82. The molecule has 0 amide bonds. The highest BCUT2D eigenvalue weighted by molar-refractivity contribution is 8.23. The molecule has 2 aromatic rings. The predicted octanol–water partition coefficient (Wildman–Crippen LogP) is 5.33. The van der Waals surface area contributed by atoms with E-state index in [1.165, 1.54) is 23.5 Å². The first kappa shape index (κ1) is 20.4. The van der Waals surface area contributed by atoms with Crippen molar-refractivity contribution in [2.45, 2.75) is 5.92 Å². The van der Waals surface area contributed by atoms with E-state index in [0.29, 0.717) is 32.5 Å². The minimum absolute atomic E-state index is 0.139. The molecule has 1 heterocycles. The van der Waals surface area contributed by atoms with Crippen LogP contribution in [0.2, 0.25) is 5.02 Å². The second kappa shape index (κ2) is 8.78. The lowest BCUT2D eigenvalue weighted by molar-refractivity contribution is 0.102. The van der Waals surface area contributed by atoms with Crippen LogP contribution in [0.4, 0.5) is 0 Å². The van der Waals surface area contributed by atoms with Gasteiger partial charge in [0.2, 0.25) is 0 Å². The molecule has 1 aliphatic heterocycles. The molecule has 0 spiro atoms. The Morgan fingerprint density at radius 3 is 2.39 bits per heavy atom. The SMILES string of the molecule is COc1ccc(C(=O)C2=C(SC)SC(N)=C(C#N)C2c2ccc(Cl)cc2)cc1. The van der Waals surface area contributed by atoms with E-state index in [4.69, 9.17) is 22.1 Å². The van der Waals surface area contributed by atoms with Crippen LogP contribution in [-0.4, -0.2) is 19.1 Å². The predicted molar refractivity (Wildman–Crippen MR) is 116 cm³/mol. The quantitative estimate of drug-likeness (QED) is 0.648. The summed E-state index contributed by atoms with van der Waals surface area (Å²) in [6.45, 7) is 0. The maximum absolute atomic E-state index is 13.5. The summed E-state index contributed by atoms with van der Waals surface area (Å²) in [5, 5.41) is 10.8. The van der Waals surface area contributed by atoms with Gasteiger partial charge in [0, 0.05) is 16.2 Å². The maximum atomic E-state index is 13.5. The molecule has 1 atom stereocenters. The van der Waals surface area contributed by atoms with Crippen molar-refractivity contribution in [2.24, 2.45) is 5.73 Å². The van der Waals surface area contributed by atoms with Crippen molar-refractivity contribution < 1.29 is 9.53 Å². The fourth-order valence-corrected chi connectivity index (χ4v) is 4.95. The molecule has 0 radical (unpaired) electrons. The molecule has 0 fully saturated rings. The Bertz CT molecular complexity index is 1010. The second-order valence-corrected chi connectivity index (χ2v) is 8.50. The van der Waals surface area contributed by atoms with Crippen molar-refractivity contribution >= 4 is 40.9 Å². The molecule has 1 aliphatic rings. The number of carbonyl (C=O) groups is 1. The fraction of sp³-hybridized carbons (Fsp3) is 0.143. The maximum Gasteiger partial charge on any atom is 0.191 e. The van der Waals surface area contributed by atoms with Gasteiger partial charge in [0.05, 0.1) is 33.9 Å². The first-order valence-corrected chi connectivity index (χ1v) is 10.7. The summed E-state index contributed by atoms with van der Waals surface area (Å²) in [7, 11) is 1.58. The molecular formula is C21H17ClN2O2S2. The number of rotatable bonds is 5. The number of methoxy groups -OCH3 is 1. The van der Waals surface area contributed by atoms with Gasteiger partial charge in [-0.3, -0.25) is 4.79 Å². The van der Waals surface area contributed by atoms with Crippen molar-refractivity contribution in [3.63, 3.8) is 0 Å². The van der Waals surface area contributed by atoms with Gasteiger partial charge in [-0.05, 0) is 48.2 Å². The van der Waals surface area contributed by atoms with Crippen molar-refractivity contribution in [3.8, 4) is 11.8 Å². The lowest BCUT2D eigenvalue weighted by Crippen LogP contribution is -2.21. The highest BCUT2D eigenvalue weighted by Crippen LogP contribution is 2.49. The van der Waals surface area contributed by atoms with Gasteiger partial charge in [-0.1, -0.05) is 35.5 Å². The first-order chi connectivity index (χ1) is 13.5. The number of carbonyl (C=O) groups excluding carboxylic acids is 1. The largest absolute Gasteiger partial charge is 0.497 e. The van der Waals surface area contributed by atoms with Crippen molar-refractivity contribution in [1.82, 2.24) is 0 Å². The molecule has 2 N–H and O–H groups in total. The van der Waals surface area contributed by atoms with E-state index >= 15 is 0 Å². The number of nitrogens with two attached hydrogens (primary N) is 1. The van der Waals surface area contributed by atoms with E-state index in [0.717, 1.165) is 9.80 Å². The van der Waals surface area contributed by atoms with E-state index < -0.39 is 5.92 Å². The number of nitrogens with zero attached hydrogens (tertiary/aromatic N) is 1. The second-order valence-electron chi connectivity index (χ2n) is 5.94. The smallest absolute Gasteiger partial charge is 0.191 e. The van der Waals surface area contributed by atoms with Crippen molar-refractivity contribution in [1.29, 1.82) is 5.26 Å². The van der Waals surface area contributed by atoms with Crippen molar-refractivity contribution in [2.75, 3.05) is 13.4 Å². The topological polar surface area (TPSA) is 76.1 Å². The summed E-state index contributed by atoms with van der Waals surface area (Å²) in [6.07, 6.45) is 1.90. The molecule has 7 heteroatoms. The average molecular weight is 429 g/mol. The zero-order chi connectivity index (χ0) is 20.3. The molecule has 1 unspecified atom stereocenters. The summed E-state index contributed by atoms with van der Waals surface area (Å²) in [5.74, 6) is -0.00924. The zero-order valence-corrected chi connectivity index (χ0v) is 17.6. The number of Topliss-reactive ketones (excluding diaryl/α,β-unsaturated/α-hetero) is 1. The summed E-state index contributed by atoms with van der Waals surface area (Å²) in [6, 6.07) is 16.3. The number of thioether (sulfide) groups is 2. The molecule has 142 valence electrons. The van der Waals surface area contributed by atoms with Crippen LogP contribution < -0.4 is 10.5 Å². The van der Waals surface area contributed by atoms with Gasteiger partial charge in [-0.2, -0.15) is 5.26 Å². The summed E-state index contributed by atoms with van der Waals surface area (Å²) < 4.78 is 5.96. The molecule has 3 rings (SSSR count). The molecular weight excluding hydrogens is 412 g/mol. The third-order valence-corrected chi connectivity index (χ3v) is 6.81. The van der Waals surface area contributed by atoms with E-state index in [9.17, 15) is 10.1 Å². The third-order valence-electron chi connectivity index (χ3n) is 4.37. The van der Waals surface area contributed by atoms with Gasteiger partial charge < -0.3 is 10.5 Å². The molecule has 2 aromatic carbocycles. The molecule has 0 saturated heterocycles. The Morgan fingerprint density at radius 2 is 1.86 bits per heavy atom. The van der Waals surface area contributed by atoms with Crippen LogP contribution in [-0.2, 0) is 0 Å². The average Bonchev–Trinajstić information content (AvgIpc) is 2.73. The Balaban J connectivity index is 2.16. The van der Waals surface area contributed by atoms with Crippen LogP contribution in [0.3, 0.4) is 0 Å². The number of hydrogen-bond donors (Lipinski definition) is 1. The van der Waals surface area contributed by atoms with Crippen LogP contribution in [0.15, 0.2) is 68.9 Å². The van der Waals surface area contributed by atoms with Crippen LogP contribution in [0.25, 0.3) is 0 Å². The number of ketones is 1. The number of benzene rings is 2. The molecule has 0 saturated carbocycles. The van der Waals surface area contributed by atoms with Gasteiger partial charge in [0.15, 0.2) is 5.78 Å². The minimum atomic E-state index is -0.541. The standard InChI is InChI=1S/C21H17ClN2O2S2/c1-26-15-9-5-13(6-10-15)19(25)18-17(12-3-7-14(22)8-4-12)16(11-23)20(24)28-21(18)27-2/h3-10,17H,24H2,1-2H3. The number of ether oxygens (including phenoxy) is 1. The van der Waals surface area contributed by atoms with Crippen LogP contribution in [0.5, 0.6) is 5.75 Å². The summed E-state index contributed by atoms with van der Waals surface area (Å²) in [4.78, 5) is 13.5. The Labute approximate surface area is 177 Å². The Kier molecular flexibility index (Phi) is 6.40. The van der Waals surface area contributed by atoms with Crippen LogP contribution in [0, 0.1) is 11.3 Å². The fourth-order valence-electron chi connectivity index (χ4n) is 3.00. The van der Waals surface area contributed by atoms with E-state index in [2.05, 4.69) is 6.07 Å². The normalized spacial score (nSPS) is 16.7. The molecule has 0 aliphatic carbocycles. The highest BCUT2D eigenvalue weighted by atomic mass is 35.5. The lowest BCUT2D eigenvalue weighted by Gasteiger charge is -2.27. The van der Waals surface area contributed by atoms with Crippen LogP contribution in [0.1, 0.15) is 21.8 Å². The first-order valence-electron chi connectivity index (χ1n) is 8.30. The third kappa shape index (κ3) is 3.93. The zero-order valence-electron chi connectivity index (χ0n) is 15.2. The number of hydrogen-bond acceptors (Lipinski definition) is 6. The monoisotopic (exact) mass is 428 g/mol. The molecule has 28 heavy (non-hydrogen) atoms. The van der Waals surface area contributed by atoms with Gasteiger partial charge in [0.25, 0.3) is 0 Å². The molecule has 4 nitrogen and oxygen atoms in total. The van der Waals surface area contributed by atoms with Gasteiger partial charge in [-0.25, -0.2) is 0 Å². The van der Waals surface area contributed by atoms with E-state index in [1.807, 2.05) is 18.4 Å². The number of nitriles is 1. The summed E-state index contributed by atoms with van der Waals surface area (Å²) in [5.41, 5.74) is 8.43. The van der Waals surface area contributed by atoms with Gasteiger partial charge in [-0.15, -0.1) is 11.8 Å². The minimum Gasteiger partial charge on any atom is -0.497 e. The van der Waals surface area contributed by atoms with E-state index in [1.54, 1.807) is 43.5 Å². The van der Waals surface area contributed by atoms with Gasteiger partial charge in [0.1, 0.15) is 5.75 Å². The van der Waals surface area contributed by atoms with E-state index in [-0.39, 0.29) is 5.78 Å². The summed E-state index contributed by atoms with van der Waals surface area (Å²) >= 11 is 8.74. The van der Waals surface area contributed by atoms with Crippen molar-refractivity contribution in [3.05, 3.63) is 85.1 Å². The molecule has 0 bridgehead atoms. The Hall–Kier alpha value is -2.33. The Morgan fingerprint density at radius 1 is 1.21 bits per heavy atom. The highest BCUT2D eigenvalue weighted by Gasteiger charge is 2.35.